The summed E-state index contributed by atoms with van der Waals surface area (Å²) in [5, 5.41) is 7.69. The Hall–Kier alpha value is -2.90. The second-order valence-corrected chi connectivity index (χ2v) is 8.50. The van der Waals surface area contributed by atoms with Crippen molar-refractivity contribution >= 4 is 18.4 Å². The van der Waals surface area contributed by atoms with Crippen molar-refractivity contribution in [3.63, 3.8) is 0 Å². The van der Waals surface area contributed by atoms with Gasteiger partial charge in [0.15, 0.2) is 0 Å². The lowest BCUT2D eigenvalue weighted by molar-refractivity contribution is -0.145. The number of hydrogen-bond donors (Lipinski definition) is 1. The van der Waals surface area contributed by atoms with E-state index < -0.39 is 0 Å². The first-order chi connectivity index (χ1) is 15.9. The van der Waals surface area contributed by atoms with Gasteiger partial charge in [0.25, 0.3) is 0 Å². The van der Waals surface area contributed by atoms with Crippen molar-refractivity contribution in [2.24, 2.45) is 5.92 Å². The Kier molecular flexibility index (Phi) is 8.33. The lowest BCUT2D eigenvalue weighted by Crippen LogP contribution is -2.34. The van der Waals surface area contributed by atoms with Gasteiger partial charge in [-0.3, -0.25) is 4.79 Å². The number of aromatic nitrogens is 1. The zero-order valence-corrected chi connectivity index (χ0v) is 20.6. The molecule has 34 heavy (non-hydrogen) atoms. The highest BCUT2D eigenvalue weighted by Gasteiger charge is 2.41. The van der Waals surface area contributed by atoms with Gasteiger partial charge < -0.3 is 19.3 Å². The third-order valence-electron chi connectivity index (χ3n) is 6.57. The first-order valence-electron chi connectivity index (χ1n) is 11.1. The van der Waals surface area contributed by atoms with E-state index in [0.717, 1.165) is 45.9 Å². The van der Waals surface area contributed by atoms with Crippen LogP contribution in [-0.4, -0.2) is 31.4 Å². The average Bonchev–Trinajstić information content (AvgIpc) is 3.40. The molecule has 1 saturated carbocycles. The Morgan fingerprint density at radius 2 is 1.88 bits per heavy atom. The lowest BCUT2D eigenvalue weighted by Gasteiger charge is -2.25. The maximum atomic E-state index is 13.5. The number of hydrogen-bond acceptors (Lipinski definition) is 6. The van der Waals surface area contributed by atoms with Crippen LogP contribution >= 0.6 is 12.4 Å². The molecule has 1 aliphatic rings. The van der Waals surface area contributed by atoms with Crippen LogP contribution in [0.2, 0.25) is 0 Å². The van der Waals surface area contributed by atoms with Crippen molar-refractivity contribution in [3.8, 4) is 16.9 Å². The van der Waals surface area contributed by atoms with Crippen molar-refractivity contribution in [3.05, 3.63) is 70.9 Å². The SMILES string of the molecule is COC(=O)C1CCC(NCc2cc(-c3c(C)noc3C)ccc2OC)C1c1ccc(F)cc1.Cl. The van der Waals surface area contributed by atoms with E-state index >= 15 is 0 Å². The van der Waals surface area contributed by atoms with Crippen LogP contribution < -0.4 is 10.1 Å². The molecule has 0 spiro atoms. The molecular weight excluding hydrogens is 459 g/mol. The maximum Gasteiger partial charge on any atom is 0.309 e. The number of nitrogens with zero attached hydrogens (tertiary/aromatic N) is 1. The van der Waals surface area contributed by atoms with Crippen LogP contribution in [0, 0.1) is 25.6 Å². The van der Waals surface area contributed by atoms with Gasteiger partial charge in [0, 0.05) is 29.6 Å². The Labute approximate surface area is 205 Å². The van der Waals surface area contributed by atoms with Gasteiger partial charge in [0.2, 0.25) is 0 Å². The fourth-order valence-corrected chi connectivity index (χ4v) is 5.00. The highest BCUT2D eigenvalue weighted by Crippen LogP contribution is 2.41. The van der Waals surface area contributed by atoms with Crippen molar-refractivity contribution in [1.29, 1.82) is 0 Å². The minimum Gasteiger partial charge on any atom is -0.496 e. The van der Waals surface area contributed by atoms with E-state index in [1.807, 2.05) is 26.0 Å². The molecule has 3 aromatic rings. The highest BCUT2D eigenvalue weighted by atomic mass is 35.5. The summed E-state index contributed by atoms with van der Waals surface area (Å²) in [4.78, 5) is 12.5. The number of rotatable bonds is 7. The first kappa shape index (κ1) is 25.7. The summed E-state index contributed by atoms with van der Waals surface area (Å²) >= 11 is 0. The van der Waals surface area contributed by atoms with Crippen molar-refractivity contribution in [2.75, 3.05) is 14.2 Å². The molecule has 2 aromatic carbocycles. The number of nitrogens with one attached hydrogen (secondary N) is 1. The van der Waals surface area contributed by atoms with Crippen LogP contribution in [0.5, 0.6) is 5.75 Å². The molecular formula is C26H30ClFN2O4. The minimum absolute atomic E-state index is 0. The normalized spacial score (nSPS) is 19.5. The number of carbonyl (C=O) groups excluding carboxylic acids is 1. The molecule has 0 bridgehead atoms. The molecule has 0 saturated heterocycles. The summed E-state index contributed by atoms with van der Waals surface area (Å²) in [6, 6.07) is 12.5. The smallest absolute Gasteiger partial charge is 0.309 e. The summed E-state index contributed by atoms with van der Waals surface area (Å²) in [7, 11) is 3.06. The Balaban J connectivity index is 0.00000324. The van der Waals surface area contributed by atoms with E-state index in [1.54, 1.807) is 19.2 Å². The summed E-state index contributed by atoms with van der Waals surface area (Å²) in [6.45, 7) is 4.37. The Bertz CT molecular complexity index is 1110. The zero-order chi connectivity index (χ0) is 23.5. The molecule has 0 radical (unpaired) electrons. The number of carbonyl (C=O) groups is 1. The van der Waals surface area contributed by atoms with Crippen LogP contribution in [0.4, 0.5) is 4.39 Å². The standard InChI is InChI=1S/C26H29FN2O4.ClH/c1-15-24(16(2)33-29-15)18-7-12-23(31-3)19(13-18)14-28-22-11-10-21(26(30)32-4)25(22)17-5-8-20(27)9-6-17;/h5-9,12-13,21-22,25,28H,10-11,14H2,1-4H3;1H. The average molecular weight is 489 g/mol. The highest BCUT2D eigenvalue weighted by molar-refractivity contribution is 5.85. The Morgan fingerprint density at radius 1 is 1.15 bits per heavy atom. The molecule has 3 unspecified atom stereocenters. The van der Waals surface area contributed by atoms with Gasteiger partial charge in [-0.15, -0.1) is 12.4 Å². The summed E-state index contributed by atoms with van der Waals surface area (Å²) in [6.07, 6.45) is 1.52. The number of ether oxygens (including phenoxy) is 2. The fourth-order valence-electron chi connectivity index (χ4n) is 5.00. The largest absolute Gasteiger partial charge is 0.496 e. The minimum atomic E-state index is -0.295. The predicted octanol–water partition coefficient (Wildman–Crippen LogP) is 5.35. The number of esters is 1. The van der Waals surface area contributed by atoms with Gasteiger partial charge in [-0.05, 0) is 62.1 Å². The van der Waals surface area contributed by atoms with Crippen LogP contribution in [0.3, 0.4) is 0 Å². The molecule has 182 valence electrons. The van der Waals surface area contributed by atoms with Crippen LogP contribution in [-0.2, 0) is 16.1 Å². The van der Waals surface area contributed by atoms with E-state index in [1.165, 1.54) is 19.2 Å². The number of benzene rings is 2. The zero-order valence-electron chi connectivity index (χ0n) is 19.8. The van der Waals surface area contributed by atoms with Crippen molar-refractivity contribution in [2.45, 2.75) is 45.2 Å². The number of halogens is 2. The second-order valence-electron chi connectivity index (χ2n) is 8.50. The topological polar surface area (TPSA) is 73.6 Å². The van der Waals surface area contributed by atoms with Gasteiger partial charge in [0.1, 0.15) is 17.3 Å². The maximum absolute atomic E-state index is 13.5. The molecule has 1 fully saturated rings. The monoisotopic (exact) mass is 488 g/mol. The third kappa shape index (κ3) is 5.10. The Morgan fingerprint density at radius 3 is 2.50 bits per heavy atom. The number of aryl methyl sites for hydroxylation is 2. The number of methoxy groups -OCH3 is 2. The van der Waals surface area contributed by atoms with E-state index in [-0.39, 0.29) is 42.1 Å². The van der Waals surface area contributed by atoms with Gasteiger partial charge in [-0.1, -0.05) is 23.4 Å². The van der Waals surface area contributed by atoms with Crippen LogP contribution in [0.15, 0.2) is 47.0 Å². The third-order valence-corrected chi connectivity index (χ3v) is 6.57. The van der Waals surface area contributed by atoms with Gasteiger partial charge in [0.05, 0.1) is 25.8 Å². The summed E-state index contributed by atoms with van der Waals surface area (Å²) in [5.41, 5.74) is 4.75. The molecule has 0 amide bonds. The van der Waals surface area contributed by atoms with Crippen LogP contribution in [0.25, 0.3) is 11.1 Å². The lowest BCUT2D eigenvalue weighted by atomic mass is 9.86. The molecule has 3 atom stereocenters. The van der Waals surface area contributed by atoms with Crippen molar-refractivity contribution < 1.29 is 23.2 Å². The van der Waals surface area contributed by atoms with E-state index in [4.69, 9.17) is 14.0 Å². The second kappa shape index (κ2) is 11.0. The molecule has 1 N–H and O–H groups in total. The fraction of sp³-hybridized carbons (Fsp3) is 0.385. The quantitative estimate of drug-likeness (QED) is 0.452. The van der Waals surface area contributed by atoms with E-state index in [9.17, 15) is 9.18 Å². The molecule has 1 aromatic heterocycles. The van der Waals surface area contributed by atoms with Crippen LogP contribution in [0.1, 0.15) is 41.3 Å². The molecule has 4 rings (SSSR count). The van der Waals surface area contributed by atoms with Gasteiger partial charge in [-0.2, -0.15) is 0 Å². The van der Waals surface area contributed by atoms with Crippen molar-refractivity contribution in [1.82, 2.24) is 10.5 Å². The van der Waals surface area contributed by atoms with Gasteiger partial charge in [-0.25, -0.2) is 4.39 Å². The summed E-state index contributed by atoms with van der Waals surface area (Å²) in [5.74, 6) is 0.648. The molecule has 1 heterocycles. The summed E-state index contributed by atoms with van der Waals surface area (Å²) < 4.78 is 29.5. The molecule has 1 aliphatic carbocycles. The molecule has 6 nitrogen and oxygen atoms in total. The first-order valence-corrected chi connectivity index (χ1v) is 11.1. The van der Waals surface area contributed by atoms with Gasteiger partial charge >= 0.3 is 5.97 Å². The predicted molar refractivity (Wildman–Crippen MR) is 130 cm³/mol. The molecule has 8 heteroatoms. The van der Waals surface area contributed by atoms with E-state index in [0.29, 0.717) is 13.0 Å². The van der Waals surface area contributed by atoms with E-state index in [2.05, 4.69) is 16.5 Å². The molecule has 0 aliphatic heterocycles.